The summed E-state index contributed by atoms with van der Waals surface area (Å²) in [6, 6.07) is 12.3. The fraction of sp³-hybridized carbons (Fsp3) is 0.323. The number of imidazole rings is 1. The molecule has 38 heavy (non-hydrogen) atoms. The average molecular weight is 511 g/mol. The summed E-state index contributed by atoms with van der Waals surface area (Å²) in [6.07, 6.45) is 14.2. The first-order valence-electron chi connectivity index (χ1n) is 13.3. The van der Waals surface area contributed by atoms with Crippen LogP contribution in [0.25, 0.3) is 16.7 Å². The predicted molar refractivity (Wildman–Crippen MR) is 157 cm³/mol. The molecule has 1 aliphatic carbocycles. The third kappa shape index (κ3) is 6.40. The molecule has 7 heteroatoms. The normalized spacial score (nSPS) is 15.3. The van der Waals surface area contributed by atoms with Crippen molar-refractivity contribution in [2.75, 3.05) is 18.1 Å². The maximum absolute atomic E-state index is 7.43. The molecule has 0 amide bonds. The fourth-order valence-electron chi connectivity index (χ4n) is 4.59. The monoisotopic (exact) mass is 510 g/mol. The van der Waals surface area contributed by atoms with Crippen molar-refractivity contribution in [1.82, 2.24) is 19.9 Å². The first-order valence-corrected chi connectivity index (χ1v) is 13.3. The first-order chi connectivity index (χ1) is 18.5. The van der Waals surface area contributed by atoms with Crippen molar-refractivity contribution < 1.29 is 4.74 Å². The van der Waals surface area contributed by atoms with Crippen LogP contribution in [-0.4, -0.2) is 33.9 Å². The molecule has 7 nitrogen and oxygen atoms in total. The summed E-state index contributed by atoms with van der Waals surface area (Å²) in [6.45, 7) is 10.6. The van der Waals surface area contributed by atoms with E-state index in [1.807, 2.05) is 44.4 Å². The van der Waals surface area contributed by atoms with Crippen molar-refractivity contribution >= 4 is 28.8 Å². The van der Waals surface area contributed by atoms with Crippen molar-refractivity contribution in [3.63, 3.8) is 0 Å². The summed E-state index contributed by atoms with van der Waals surface area (Å²) < 4.78 is 7.98. The molecular weight excluding hydrogens is 472 g/mol. The molecule has 2 heterocycles. The number of aromatic nitrogens is 3. The maximum atomic E-state index is 7.43. The number of aryl methyl sites for hydroxylation is 1. The van der Waals surface area contributed by atoms with Crippen LogP contribution in [-0.2, 0) is 18.3 Å². The second kappa shape index (κ2) is 12.9. The van der Waals surface area contributed by atoms with Crippen LogP contribution in [0.3, 0.4) is 0 Å². The third-order valence-electron chi connectivity index (χ3n) is 6.70. The summed E-state index contributed by atoms with van der Waals surface area (Å²) >= 11 is 0. The zero-order valence-electron chi connectivity index (χ0n) is 22.7. The van der Waals surface area contributed by atoms with Gasteiger partial charge in [0, 0.05) is 49.7 Å². The topological polar surface area (TPSA) is 79.1 Å². The minimum absolute atomic E-state index is 0.196. The zero-order chi connectivity index (χ0) is 26.9. The lowest BCUT2D eigenvalue weighted by Crippen LogP contribution is -2.24. The minimum Gasteiger partial charge on any atom is -0.498 e. The van der Waals surface area contributed by atoms with E-state index in [2.05, 4.69) is 69.7 Å². The Kier molecular flexibility index (Phi) is 9.14. The molecular formula is C31H38N6O. The number of anilines is 1. The molecule has 1 atom stereocenters. The Hall–Kier alpha value is -4.13. The fourth-order valence-corrected chi connectivity index (χ4v) is 4.59. The van der Waals surface area contributed by atoms with Gasteiger partial charge in [-0.3, -0.25) is 0 Å². The Morgan fingerprint density at radius 3 is 2.84 bits per heavy atom. The number of fused-ring (bicyclic) bond motifs is 1. The minimum atomic E-state index is 0.196. The van der Waals surface area contributed by atoms with Gasteiger partial charge in [0.15, 0.2) is 0 Å². The van der Waals surface area contributed by atoms with E-state index in [1.165, 1.54) is 6.21 Å². The molecule has 2 N–H and O–H groups in total. The summed E-state index contributed by atoms with van der Waals surface area (Å²) in [7, 11) is 2.05. The molecule has 0 radical (unpaired) electrons. The molecule has 0 fully saturated rings. The molecule has 198 valence electrons. The molecule has 1 unspecified atom stereocenters. The maximum Gasteiger partial charge on any atom is 0.132 e. The number of ether oxygens (including phenoxy) is 1. The van der Waals surface area contributed by atoms with Gasteiger partial charge in [-0.15, -0.1) is 0 Å². The second-order valence-electron chi connectivity index (χ2n) is 9.28. The Morgan fingerprint density at radius 2 is 2.16 bits per heavy atom. The standard InChI is InChI=1S/C31H38N6O/c1-5-9-27(38-6-2)17-19-37(30-10-7-8-18-33-30)23(3)25-13-16-29-28(20-25)35-31(36(29)4)22-34-26-14-11-24(21-32)12-15-26/h7-11,13-16,18,20-21,24,32,34H,3,5-6,12,17,19,22H2,1-2,4H3/b27-9+,32-21?. The van der Waals surface area contributed by atoms with Gasteiger partial charge in [0.05, 0.1) is 29.9 Å². The molecule has 0 saturated heterocycles. The van der Waals surface area contributed by atoms with E-state index in [0.29, 0.717) is 19.7 Å². The SMILES string of the molecule is C=C(c1ccc2c(c1)nc(CNC1=CCC(C=N)C=C1)n2C)N(CC/C(=C\CC)OCC)c1ccccn1. The van der Waals surface area contributed by atoms with Crippen molar-refractivity contribution in [2.45, 2.75) is 39.7 Å². The Labute approximate surface area is 225 Å². The third-order valence-corrected chi connectivity index (χ3v) is 6.70. The lowest BCUT2D eigenvalue weighted by Gasteiger charge is -2.26. The van der Waals surface area contributed by atoms with Gasteiger partial charge in [-0.2, -0.15) is 0 Å². The number of nitrogens with zero attached hydrogens (tertiary/aromatic N) is 4. The van der Waals surface area contributed by atoms with Gasteiger partial charge in [-0.25, -0.2) is 9.97 Å². The van der Waals surface area contributed by atoms with E-state index in [0.717, 1.165) is 64.7 Å². The Morgan fingerprint density at radius 1 is 1.29 bits per heavy atom. The van der Waals surface area contributed by atoms with Gasteiger partial charge in [-0.1, -0.05) is 37.8 Å². The van der Waals surface area contributed by atoms with Gasteiger partial charge in [0.2, 0.25) is 0 Å². The highest BCUT2D eigenvalue weighted by atomic mass is 16.5. The summed E-state index contributed by atoms with van der Waals surface area (Å²) in [5.74, 6) is 3.01. The highest BCUT2D eigenvalue weighted by molar-refractivity contribution is 5.84. The highest BCUT2D eigenvalue weighted by Gasteiger charge is 2.17. The number of hydrogen-bond acceptors (Lipinski definition) is 6. The summed E-state index contributed by atoms with van der Waals surface area (Å²) in [5.41, 5.74) is 4.96. The van der Waals surface area contributed by atoms with Gasteiger partial charge < -0.3 is 24.9 Å². The molecule has 3 aromatic rings. The number of benzene rings is 1. The lowest BCUT2D eigenvalue weighted by molar-refractivity contribution is 0.218. The van der Waals surface area contributed by atoms with Crippen LogP contribution in [0.1, 0.15) is 44.5 Å². The van der Waals surface area contributed by atoms with Crippen LogP contribution < -0.4 is 10.2 Å². The van der Waals surface area contributed by atoms with E-state index in [9.17, 15) is 0 Å². The molecule has 0 bridgehead atoms. The highest BCUT2D eigenvalue weighted by Crippen LogP contribution is 2.27. The van der Waals surface area contributed by atoms with E-state index >= 15 is 0 Å². The second-order valence-corrected chi connectivity index (χ2v) is 9.28. The molecule has 4 rings (SSSR count). The zero-order valence-corrected chi connectivity index (χ0v) is 22.7. The lowest BCUT2D eigenvalue weighted by atomic mass is 10.0. The van der Waals surface area contributed by atoms with Crippen LogP contribution in [0.4, 0.5) is 5.82 Å². The van der Waals surface area contributed by atoms with Crippen molar-refractivity contribution in [2.24, 2.45) is 13.0 Å². The largest absolute Gasteiger partial charge is 0.498 e. The Balaban J connectivity index is 1.54. The van der Waals surface area contributed by atoms with Crippen molar-refractivity contribution in [1.29, 1.82) is 5.41 Å². The van der Waals surface area contributed by atoms with Crippen LogP contribution in [0.5, 0.6) is 0 Å². The molecule has 1 aromatic carbocycles. The number of rotatable bonds is 13. The van der Waals surface area contributed by atoms with E-state index in [-0.39, 0.29) is 5.92 Å². The smallest absolute Gasteiger partial charge is 0.132 e. The average Bonchev–Trinajstić information content (AvgIpc) is 3.27. The quantitative estimate of drug-likeness (QED) is 0.206. The van der Waals surface area contributed by atoms with Crippen LogP contribution in [0.2, 0.25) is 0 Å². The van der Waals surface area contributed by atoms with E-state index < -0.39 is 0 Å². The molecule has 0 saturated carbocycles. The van der Waals surface area contributed by atoms with Gasteiger partial charge in [-0.05, 0) is 61.7 Å². The Bertz CT molecular complexity index is 1350. The molecule has 0 aliphatic heterocycles. The van der Waals surface area contributed by atoms with Crippen LogP contribution >= 0.6 is 0 Å². The molecule has 0 spiro atoms. The van der Waals surface area contributed by atoms with Crippen molar-refractivity contribution in [3.8, 4) is 0 Å². The van der Waals surface area contributed by atoms with Crippen LogP contribution in [0, 0.1) is 11.3 Å². The summed E-state index contributed by atoms with van der Waals surface area (Å²) in [5, 5.41) is 10.9. The predicted octanol–water partition coefficient (Wildman–Crippen LogP) is 6.37. The molecule has 1 aliphatic rings. The first kappa shape index (κ1) is 26.9. The van der Waals surface area contributed by atoms with Crippen LogP contribution in [0.15, 0.2) is 84.9 Å². The van der Waals surface area contributed by atoms with Crippen molar-refractivity contribution in [3.05, 3.63) is 96.3 Å². The number of allylic oxidation sites excluding steroid dienone is 4. The number of hydrogen-bond donors (Lipinski definition) is 2. The van der Waals surface area contributed by atoms with E-state index in [4.69, 9.17) is 15.1 Å². The molecule has 2 aromatic heterocycles. The number of pyridine rings is 1. The van der Waals surface area contributed by atoms with Gasteiger partial charge >= 0.3 is 0 Å². The number of nitrogens with one attached hydrogen (secondary N) is 2. The summed E-state index contributed by atoms with van der Waals surface area (Å²) in [4.78, 5) is 11.7. The van der Waals surface area contributed by atoms with Gasteiger partial charge in [0.25, 0.3) is 0 Å². The van der Waals surface area contributed by atoms with E-state index in [1.54, 1.807) is 0 Å². The van der Waals surface area contributed by atoms with Gasteiger partial charge in [0.1, 0.15) is 11.6 Å².